The number of aromatic carboxylic acids is 1. The molecule has 1 atom stereocenters. The molecule has 0 radical (unpaired) electrons. The molecular formula is C15H20ClNO4. The second kappa shape index (κ2) is 8.52. The van der Waals surface area contributed by atoms with Gasteiger partial charge in [0.05, 0.1) is 10.6 Å². The number of hydrogen-bond acceptors (Lipinski definition) is 3. The maximum Gasteiger partial charge on any atom is 0.335 e. The lowest BCUT2D eigenvalue weighted by atomic mass is 10.2. The quantitative estimate of drug-likeness (QED) is 0.723. The van der Waals surface area contributed by atoms with Crippen LogP contribution in [0.1, 0.15) is 43.5 Å². The van der Waals surface area contributed by atoms with Crippen LogP contribution in [0, 0.1) is 0 Å². The van der Waals surface area contributed by atoms with E-state index in [4.69, 9.17) is 21.4 Å². The average molecular weight is 314 g/mol. The van der Waals surface area contributed by atoms with Crippen molar-refractivity contribution in [3.05, 3.63) is 28.8 Å². The summed E-state index contributed by atoms with van der Waals surface area (Å²) >= 11 is 5.95. The number of halogens is 1. The fraction of sp³-hybridized carbons (Fsp3) is 0.467. The molecule has 1 rings (SSSR count). The standard InChI is InChI=1S/C15H20ClNO4/c1-3-4-5-8-17-14(18)10(2)21-13-7-6-11(15(19)20)9-12(13)16/h6-7,9-10H,3-5,8H2,1-2H3,(H,17,18)(H,19,20). The molecule has 1 aromatic carbocycles. The number of rotatable bonds is 8. The van der Waals surface area contributed by atoms with Crippen LogP contribution in [-0.4, -0.2) is 29.6 Å². The highest BCUT2D eigenvalue weighted by Crippen LogP contribution is 2.26. The Bertz CT molecular complexity index is 504. The number of unbranched alkanes of at least 4 members (excludes halogenated alkanes) is 2. The number of nitrogens with one attached hydrogen (secondary N) is 1. The lowest BCUT2D eigenvalue weighted by Crippen LogP contribution is -2.36. The van der Waals surface area contributed by atoms with Gasteiger partial charge in [-0.15, -0.1) is 0 Å². The van der Waals surface area contributed by atoms with Crippen LogP contribution in [0.25, 0.3) is 0 Å². The molecule has 0 heterocycles. The fourth-order valence-corrected chi connectivity index (χ4v) is 1.93. The van der Waals surface area contributed by atoms with E-state index in [1.807, 2.05) is 0 Å². The zero-order valence-corrected chi connectivity index (χ0v) is 12.9. The number of hydrogen-bond donors (Lipinski definition) is 2. The van der Waals surface area contributed by atoms with Crippen molar-refractivity contribution in [1.82, 2.24) is 5.32 Å². The molecule has 5 nitrogen and oxygen atoms in total. The number of carbonyl (C=O) groups is 2. The molecular weight excluding hydrogens is 294 g/mol. The van der Waals surface area contributed by atoms with E-state index in [9.17, 15) is 9.59 Å². The number of carboxylic acids is 1. The Morgan fingerprint density at radius 3 is 2.67 bits per heavy atom. The molecule has 0 aliphatic heterocycles. The topological polar surface area (TPSA) is 75.6 Å². The Labute approximate surface area is 129 Å². The summed E-state index contributed by atoms with van der Waals surface area (Å²) in [6.07, 6.45) is 2.40. The minimum absolute atomic E-state index is 0.0732. The minimum Gasteiger partial charge on any atom is -0.479 e. The van der Waals surface area contributed by atoms with Crippen LogP contribution in [0.2, 0.25) is 5.02 Å². The number of amides is 1. The molecule has 0 saturated heterocycles. The number of benzene rings is 1. The van der Waals surface area contributed by atoms with Gasteiger partial charge in [0.25, 0.3) is 5.91 Å². The molecule has 0 aromatic heterocycles. The second-order valence-electron chi connectivity index (χ2n) is 4.71. The molecule has 1 aromatic rings. The summed E-state index contributed by atoms with van der Waals surface area (Å²) in [6, 6.07) is 4.13. The minimum atomic E-state index is -1.06. The fourth-order valence-electron chi connectivity index (χ4n) is 1.70. The number of ether oxygens (including phenoxy) is 1. The van der Waals surface area contributed by atoms with E-state index in [1.54, 1.807) is 6.92 Å². The van der Waals surface area contributed by atoms with Crippen LogP contribution in [-0.2, 0) is 4.79 Å². The van der Waals surface area contributed by atoms with Gasteiger partial charge in [-0.2, -0.15) is 0 Å². The predicted octanol–water partition coefficient (Wildman–Crippen LogP) is 3.11. The molecule has 0 saturated carbocycles. The molecule has 21 heavy (non-hydrogen) atoms. The van der Waals surface area contributed by atoms with Crippen molar-refractivity contribution in [2.45, 2.75) is 39.2 Å². The van der Waals surface area contributed by atoms with Gasteiger partial charge in [-0.3, -0.25) is 4.79 Å². The van der Waals surface area contributed by atoms with Crippen LogP contribution >= 0.6 is 11.6 Å². The molecule has 0 aliphatic carbocycles. The van der Waals surface area contributed by atoms with E-state index < -0.39 is 12.1 Å². The van der Waals surface area contributed by atoms with Gasteiger partial charge in [-0.05, 0) is 31.5 Å². The molecule has 6 heteroatoms. The van der Waals surface area contributed by atoms with Gasteiger partial charge in [0.1, 0.15) is 5.75 Å². The summed E-state index contributed by atoms with van der Waals surface area (Å²) in [7, 11) is 0. The lowest BCUT2D eigenvalue weighted by Gasteiger charge is -2.15. The highest BCUT2D eigenvalue weighted by molar-refractivity contribution is 6.32. The van der Waals surface area contributed by atoms with Crippen molar-refractivity contribution in [2.24, 2.45) is 0 Å². The van der Waals surface area contributed by atoms with Crippen molar-refractivity contribution >= 4 is 23.5 Å². The normalized spacial score (nSPS) is 11.8. The zero-order chi connectivity index (χ0) is 15.8. The van der Waals surface area contributed by atoms with Crippen LogP contribution < -0.4 is 10.1 Å². The Hall–Kier alpha value is -1.75. The summed E-state index contributed by atoms with van der Waals surface area (Å²) < 4.78 is 5.46. The third-order valence-corrected chi connectivity index (χ3v) is 3.23. The predicted molar refractivity (Wildman–Crippen MR) is 81.0 cm³/mol. The van der Waals surface area contributed by atoms with E-state index in [-0.39, 0.29) is 22.2 Å². The van der Waals surface area contributed by atoms with Crippen molar-refractivity contribution in [3.8, 4) is 5.75 Å². The van der Waals surface area contributed by atoms with Gasteiger partial charge in [0.15, 0.2) is 6.10 Å². The van der Waals surface area contributed by atoms with Crippen LogP contribution in [0.3, 0.4) is 0 Å². The first-order valence-corrected chi connectivity index (χ1v) is 7.30. The molecule has 1 unspecified atom stereocenters. The first kappa shape index (κ1) is 17.3. The van der Waals surface area contributed by atoms with Crippen molar-refractivity contribution in [1.29, 1.82) is 0 Å². The van der Waals surface area contributed by atoms with Crippen LogP contribution in [0.15, 0.2) is 18.2 Å². The summed E-state index contributed by atoms with van der Waals surface area (Å²) in [6.45, 7) is 4.33. The van der Waals surface area contributed by atoms with E-state index >= 15 is 0 Å². The lowest BCUT2D eigenvalue weighted by molar-refractivity contribution is -0.127. The van der Waals surface area contributed by atoms with Gasteiger partial charge < -0.3 is 15.2 Å². The Morgan fingerprint density at radius 2 is 2.10 bits per heavy atom. The van der Waals surface area contributed by atoms with E-state index in [0.29, 0.717) is 6.54 Å². The Kier molecular flexibility index (Phi) is 7.02. The van der Waals surface area contributed by atoms with Crippen LogP contribution in [0.4, 0.5) is 0 Å². The third kappa shape index (κ3) is 5.63. The second-order valence-corrected chi connectivity index (χ2v) is 5.12. The molecule has 0 fully saturated rings. The van der Waals surface area contributed by atoms with Gasteiger partial charge >= 0.3 is 5.97 Å². The summed E-state index contributed by atoms with van der Waals surface area (Å²) in [4.78, 5) is 22.6. The third-order valence-electron chi connectivity index (χ3n) is 2.93. The largest absolute Gasteiger partial charge is 0.479 e. The summed E-state index contributed by atoms with van der Waals surface area (Å²) in [5, 5.41) is 11.8. The summed E-state index contributed by atoms with van der Waals surface area (Å²) in [5.74, 6) is -0.993. The highest BCUT2D eigenvalue weighted by atomic mass is 35.5. The number of carbonyl (C=O) groups excluding carboxylic acids is 1. The van der Waals surface area contributed by atoms with Crippen LogP contribution in [0.5, 0.6) is 5.75 Å². The average Bonchev–Trinajstić information content (AvgIpc) is 2.45. The first-order chi connectivity index (χ1) is 9.95. The Balaban J connectivity index is 2.56. The van der Waals surface area contributed by atoms with Gasteiger partial charge in [0.2, 0.25) is 0 Å². The maximum absolute atomic E-state index is 11.8. The smallest absolute Gasteiger partial charge is 0.335 e. The first-order valence-electron chi connectivity index (χ1n) is 6.93. The molecule has 0 aliphatic rings. The number of carboxylic acid groups (broad SMARTS) is 1. The van der Waals surface area contributed by atoms with E-state index in [0.717, 1.165) is 19.3 Å². The Morgan fingerprint density at radius 1 is 1.38 bits per heavy atom. The van der Waals surface area contributed by atoms with Gasteiger partial charge in [-0.1, -0.05) is 31.4 Å². The monoisotopic (exact) mass is 313 g/mol. The van der Waals surface area contributed by atoms with Crippen molar-refractivity contribution < 1.29 is 19.4 Å². The molecule has 0 spiro atoms. The SMILES string of the molecule is CCCCCNC(=O)C(C)Oc1ccc(C(=O)O)cc1Cl. The zero-order valence-electron chi connectivity index (χ0n) is 12.2. The van der Waals surface area contributed by atoms with Gasteiger partial charge in [0, 0.05) is 6.54 Å². The van der Waals surface area contributed by atoms with E-state index in [1.165, 1.54) is 18.2 Å². The van der Waals surface area contributed by atoms with Crippen molar-refractivity contribution in [3.63, 3.8) is 0 Å². The molecule has 116 valence electrons. The van der Waals surface area contributed by atoms with Crippen molar-refractivity contribution in [2.75, 3.05) is 6.54 Å². The molecule has 0 bridgehead atoms. The highest BCUT2D eigenvalue weighted by Gasteiger charge is 2.16. The molecule has 1 amide bonds. The maximum atomic E-state index is 11.8. The molecule has 2 N–H and O–H groups in total. The van der Waals surface area contributed by atoms with Gasteiger partial charge in [-0.25, -0.2) is 4.79 Å². The summed E-state index contributed by atoms with van der Waals surface area (Å²) in [5.41, 5.74) is 0.0732. The van der Waals surface area contributed by atoms with E-state index in [2.05, 4.69) is 12.2 Å².